The van der Waals surface area contributed by atoms with Gasteiger partial charge in [-0.15, -0.1) is 0 Å². The summed E-state index contributed by atoms with van der Waals surface area (Å²) in [7, 11) is 0. The molecule has 0 bridgehead atoms. The fourth-order valence-electron chi connectivity index (χ4n) is 2.51. The molecular formula is C11H22N2O. The van der Waals surface area contributed by atoms with Crippen molar-refractivity contribution in [2.75, 3.05) is 39.4 Å². The Morgan fingerprint density at radius 1 is 1.29 bits per heavy atom. The first kappa shape index (κ1) is 10.4. The number of nitrogens with zero attached hydrogens (tertiary/aromatic N) is 1. The van der Waals surface area contributed by atoms with Crippen molar-refractivity contribution in [1.29, 1.82) is 0 Å². The predicted molar refractivity (Wildman–Crippen MR) is 57.5 cm³/mol. The van der Waals surface area contributed by atoms with E-state index in [0.717, 1.165) is 26.3 Å². The van der Waals surface area contributed by atoms with Crippen molar-refractivity contribution in [2.24, 2.45) is 0 Å². The van der Waals surface area contributed by atoms with Crippen LogP contribution in [0.15, 0.2) is 0 Å². The Kier molecular flexibility index (Phi) is 3.42. The molecule has 0 saturated carbocycles. The van der Waals surface area contributed by atoms with Crippen LogP contribution in [-0.2, 0) is 4.74 Å². The number of piperidine rings is 1. The summed E-state index contributed by atoms with van der Waals surface area (Å²) in [6.07, 6.45) is 4.05. The van der Waals surface area contributed by atoms with Crippen molar-refractivity contribution >= 4 is 0 Å². The summed E-state index contributed by atoms with van der Waals surface area (Å²) in [6.45, 7) is 8.79. The van der Waals surface area contributed by atoms with Crippen LogP contribution in [0.4, 0.5) is 0 Å². The van der Waals surface area contributed by atoms with Crippen LogP contribution in [0.1, 0.15) is 26.2 Å². The van der Waals surface area contributed by atoms with E-state index in [9.17, 15) is 0 Å². The van der Waals surface area contributed by atoms with Gasteiger partial charge in [-0.2, -0.15) is 0 Å². The minimum Gasteiger partial charge on any atom is -0.379 e. The smallest absolute Gasteiger partial charge is 0.0594 e. The van der Waals surface area contributed by atoms with Crippen molar-refractivity contribution in [3.05, 3.63) is 0 Å². The Labute approximate surface area is 86.8 Å². The average molecular weight is 198 g/mol. The molecule has 2 fully saturated rings. The molecule has 2 saturated heterocycles. The first-order valence-corrected chi connectivity index (χ1v) is 5.84. The first-order valence-electron chi connectivity index (χ1n) is 5.84. The van der Waals surface area contributed by atoms with Gasteiger partial charge in [0.15, 0.2) is 0 Å². The van der Waals surface area contributed by atoms with Crippen LogP contribution in [0, 0.1) is 0 Å². The van der Waals surface area contributed by atoms with Gasteiger partial charge in [-0.05, 0) is 26.3 Å². The van der Waals surface area contributed by atoms with Gasteiger partial charge in [-0.1, -0.05) is 6.42 Å². The van der Waals surface area contributed by atoms with Crippen LogP contribution in [0.5, 0.6) is 0 Å². The molecule has 2 heterocycles. The molecule has 1 unspecified atom stereocenters. The second-order valence-corrected chi connectivity index (χ2v) is 4.83. The molecule has 0 spiro atoms. The molecule has 0 aromatic rings. The summed E-state index contributed by atoms with van der Waals surface area (Å²) in [4.78, 5) is 2.53. The Hall–Kier alpha value is -0.120. The third kappa shape index (κ3) is 2.69. The molecule has 2 aliphatic heterocycles. The predicted octanol–water partition coefficient (Wildman–Crippen LogP) is 0.851. The number of hydrogen-bond donors (Lipinski definition) is 1. The average Bonchev–Trinajstić information content (AvgIpc) is 2.19. The lowest BCUT2D eigenvalue weighted by atomic mass is 9.90. The van der Waals surface area contributed by atoms with Gasteiger partial charge >= 0.3 is 0 Å². The van der Waals surface area contributed by atoms with E-state index >= 15 is 0 Å². The molecule has 2 aliphatic rings. The zero-order chi connectivity index (χ0) is 9.86. The zero-order valence-corrected chi connectivity index (χ0v) is 9.22. The zero-order valence-electron chi connectivity index (χ0n) is 9.22. The van der Waals surface area contributed by atoms with E-state index in [1.165, 1.54) is 32.4 Å². The lowest BCUT2D eigenvalue weighted by Crippen LogP contribution is -2.55. The highest BCUT2D eigenvalue weighted by Gasteiger charge is 2.28. The molecule has 0 aliphatic carbocycles. The van der Waals surface area contributed by atoms with Crippen LogP contribution < -0.4 is 5.32 Å². The topological polar surface area (TPSA) is 24.5 Å². The van der Waals surface area contributed by atoms with Crippen LogP contribution >= 0.6 is 0 Å². The third-order valence-electron chi connectivity index (χ3n) is 3.38. The normalized spacial score (nSPS) is 35.8. The fourth-order valence-corrected chi connectivity index (χ4v) is 2.51. The van der Waals surface area contributed by atoms with E-state index in [4.69, 9.17) is 4.74 Å². The van der Waals surface area contributed by atoms with Gasteiger partial charge in [0.05, 0.1) is 13.2 Å². The number of rotatable bonds is 2. The quantitative estimate of drug-likeness (QED) is 0.712. The van der Waals surface area contributed by atoms with Crippen LogP contribution in [-0.4, -0.2) is 49.8 Å². The van der Waals surface area contributed by atoms with Crippen LogP contribution in [0.25, 0.3) is 0 Å². The van der Waals surface area contributed by atoms with Crippen LogP contribution in [0.2, 0.25) is 0 Å². The first-order chi connectivity index (χ1) is 6.79. The van der Waals surface area contributed by atoms with Gasteiger partial charge in [0.1, 0.15) is 0 Å². The molecule has 1 N–H and O–H groups in total. The van der Waals surface area contributed by atoms with Gasteiger partial charge < -0.3 is 10.1 Å². The molecule has 3 nitrogen and oxygen atoms in total. The highest BCUT2D eigenvalue weighted by atomic mass is 16.5. The minimum absolute atomic E-state index is 0.357. The number of morpholine rings is 1. The van der Waals surface area contributed by atoms with Gasteiger partial charge in [-0.3, -0.25) is 4.90 Å². The van der Waals surface area contributed by atoms with Gasteiger partial charge in [0, 0.05) is 25.2 Å². The van der Waals surface area contributed by atoms with Gasteiger partial charge in [0.25, 0.3) is 0 Å². The van der Waals surface area contributed by atoms with E-state index in [0.29, 0.717) is 5.54 Å². The second-order valence-electron chi connectivity index (χ2n) is 4.83. The molecule has 0 aromatic carbocycles. The third-order valence-corrected chi connectivity index (χ3v) is 3.38. The molecule has 3 heteroatoms. The van der Waals surface area contributed by atoms with E-state index in [1.807, 2.05) is 0 Å². The van der Waals surface area contributed by atoms with E-state index in [-0.39, 0.29) is 0 Å². The molecule has 0 radical (unpaired) electrons. The Morgan fingerprint density at radius 2 is 2.07 bits per heavy atom. The number of hydrogen-bond acceptors (Lipinski definition) is 3. The Morgan fingerprint density at radius 3 is 2.71 bits per heavy atom. The van der Waals surface area contributed by atoms with Gasteiger partial charge in [-0.25, -0.2) is 0 Å². The summed E-state index contributed by atoms with van der Waals surface area (Å²) in [5.74, 6) is 0. The lowest BCUT2D eigenvalue weighted by molar-refractivity contribution is 0.0223. The van der Waals surface area contributed by atoms with Crippen molar-refractivity contribution < 1.29 is 4.74 Å². The van der Waals surface area contributed by atoms with Crippen LogP contribution in [0.3, 0.4) is 0 Å². The number of nitrogens with one attached hydrogen (secondary N) is 1. The maximum atomic E-state index is 5.36. The van der Waals surface area contributed by atoms with E-state index in [1.54, 1.807) is 0 Å². The SMILES string of the molecule is CC1(CN2CCOCC2)CCCCN1. The summed E-state index contributed by atoms with van der Waals surface area (Å²) in [6, 6.07) is 0. The molecule has 2 rings (SSSR count). The molecule has 0 amide bonds. The molecular weight excluding hydrogens is 176 g/mol. The number of ether oxygens (including phenoxy) is 1. The van der Waals surface area contributed by atoms with E-state index in [2.05, 4.69) is 17.1 Å². The highest BCUT2D eigenvalue weighted by molar-refractivity contribution is 4.89. The molecule has 82 valence electrons. The molecule has 14 heavy (non-hydrogen) atoms. The molecule has 1 atom stereocenters. The van der Waals surface area contributed by atoms with Gasteiger partial charge in [0.2, 0.25) is 0 Å². The van der Waals surface area contributed by atoms with Crippen molar-refractivity contribution in [3.63, 3.8) is 0 Å². The van der Waals surface area contributed by atoms with E-state index < -0.39 is 0 Å². The standard InChI is InChI=1S/C11H22N2O/c1-11(4-2-3-5-12-11)10-13-6-8-14-9-7-13/h12H,2-10H2,1H3. The lowest BCUT2D eigenvalue weighted by Gasteiger charge is -2.40. The summed E-state index contributed by atoms with van der Waals surface area (Å²) >= 11 is 0. The second kappa shape index (κ2) is 4.60. The van der Waals surface area contributed by atoms with Crippen molar-refractivity contribution in [3.8, 4) is 0 Å². The van der Waals surface area contributed by atoms with Crippen molar-refractivity contribution in [2.45, 2.75) is 31.7 Å². The summed E-state index contributed by atoms with van der Waals surface area (Å²) in [5.41, 5.74) is 0.357. The Balaban J connectivity index is 1.81. The maximum absolute atomic E-state index is 5.36. The maximum Gasteiger partial charge on any atom is 0.0594 e. The summed E-state index contributed by atoms with van der Waals surface area (Å²) in [5, 5.41) is 3.66. The Bertz CT molecular complexity index is 172. The minimum atomic E-state index is 0.357. The van der Waals surface area contributed by atoms with Crippen molar-refractivity contribution in [1.82, 2.24) is 10.2 Å². The fraction of sp³-hybridized carbons (Fsp3) is 1.00. The monoisotopic (exact) mass is 198 g/mol. The summed E-state index contributed by atoms with van der Waals surface area (Å²) < 4.78 is 5.36. The largest absolute Gasteiger partial charge is 0.379 e. The highest BCUT2D eigenvalue weighted by Crippen LogP contribution is 2.20. The molecule has 0 aromatic heterocycles.